The number of benzene rings is 3. The van der Waals surface area contributed by atoms with E-state index in [2.05, 4.69) is 5.32 Å². The number of hydrogen-bond donors (Lipinski definition) is 1. The summed E-state index contributed by atoms with van der Waals surface area (Å²) >= 11 is 6.25. The Balaban J connectivity index is 1.86. The molecule has 0 spiro atoms. The highest BCUT2D eigenvalue weighted by Gasteiger charge is 2.28. The lowest BCUT2D eigenvalue weighted by molar-refractivity contribution is -0.119. The molecule has 3 aromatic rings. The minimum Gasteiger partial charge on any atom is -0.495 e. The van der Waals surface area contributed by atoms with E-state index in [0.717, 1.165) is 15.4 Å². The molecule has 1 amide bonds. The standard InChI is InChI=1S/C25H27ClN2O4S/c1-18-9-12-22(13-10-18)33(30,31)28(21-11-14-24(32-3)23(26)15-21)17-25(29)27-16-19(2)20-7-5-4-6-8-20/h4-15,19H,16-17H2,1-3H3,(H,27,29). The summed E-state index contributed by atoms with van der Waals surface area (Å²) in [6, 6.07) is 20.9. The van der Waals surface area contributed by atoms with Crippen LogP contribution in [0, 0.1) is 6.92 Å². The van der Waals surface area contributed by atoms with Crippen LogP contribution in [0.2, 0.25) is 5.02 Å². The molecule has 1 N–H and O–H groups in total. The number of hydrogen-bond acceptors (Lipinski definition) is 4. The molecule has 3 rings (SSSR count). The number of nitrogens with zero attached hydrogens (tertiary/aromatic N) is 1. The molecule has 0 heterocycles. The van der Waals surface area contributed by atoms with Gasteiger partial charge in [0, 0.05) is 6.54 Å². The van der Waals surface area contributed by atoms with E-state index in [0.29, 0.717) is 12.3 Å². The first-order valence-electron chi connectivity index (χ1n) is 10.5. The second-order valence-electron chi connectivity index (χ2n) is 7.76. The number of ether oxygens (including phenoxy) is 1. The Morgan fingerprint density at radius 2 is 1.73 bits per heavy atom. The van der Waals surface area contributed by atoms with Gasteiger partial charge in [0.1, 0.15) is 12.3 Å². The van der Waals surface area contributed by atoms with Gasteiger partial charge in [0.05, 0.1) is 22.7 Å². The van der Waals surface area contributed by atoms with Gasteiger partial charge in [-0.15, -0.1) is 0 Å². The number of rotatable bonds is 9. The van der Waals surface area contributed by atoms with E-state index in [1.807, 2.05) is 44.2 Å². The highest BCUT2D eigenvalue weighted by Crippen LogP contribution is 2.32. The van der Waals surface area contributed by atoms with Gasteiger partial charge in [-0.2, -0.15) is 0 Å². The van der Waals surface area contributed by atoms with Crippen LogP contribution in [0.1, 0.15) is 24.0 Å². The Morgan fingerprint density at radius 3 is 2.33 bits per heavy atom. The molecule has 0 aliphatic heterocycles. The molecule has 1 unspecified atom stereocenters. The molecule has 0 radical (unpaired) electrons. The fourth-order valence-electron chi connectivity index (χ4n) is 3.32. The third-order valence-electron chi connectivity index (χ3n) is 5.29. The number of nitrogens with one attached hydrogen (secondary N) is 1. The maximum atomic E-state index is 13.5. The summed E-state index contributed by atoms with van der Waals surface area (Å²) in [5, 5.41) is 3.10. The molecule has 1 atom stereocenters. The van der Waals surface area contributed by atoms with Crippen LogP contribution in [0.3, 0.4) is 0 Å². The van der Waals surface area contributed by atoms with Crippen molar-refractivity contribution in [1.29, 1.82) is 0 Å². The van der Waals surface area contributed by atoms with Crippen molar-refractivity contribution in [1.82, 2.24) is 5.32 Å². The average Bonchev–Trinajstić information content (AvgIpc) is 2.81. The van der Waals surface area contributed by atoms with Gasteiger partial charge in [0.15, 0.2) is 0 Å². The fraction of sp³-hybridized carbons (Fsp3) is 0.240. The molecule has 8 heteroatoms. The van der Waals surface area contributed by atoms with Gasteiger partial charge in [0.25, 0.3) is 10.0 Å². The topological polar surface area (TPSA) is 75.7 Å². The van der Waals surface area contributed by atoms with Crippen molar-refractivity contribution in [2.24, 2.45) is 0 Å². The lowest BCUT2D eigenvalue weighted by Gasteiger charge is -2.25. The summed E-state index contributed by atoms with van der Waals surface area (Å²) in [5.41, 5.74) is 2.29. The number of carbonyl (C=O) groups excluding carboxylic acids is 1. The minimum atomic E-state index is -4.02. The maximum absolute atomic E-state index is 13.5. The highest BCUT2D eigenvalue weighted by atomic mass is 35.5. The third-order valence-corrected chi connectivity index (χ3v) is 7.38. The van der Waals surface area contributed by atoms with E-state index in [-0.39, 0.29) is 28.1 Å². The molecule has 0 saturated heterocycles. The van der Waals surface area contributed by atoms with Crippen LogP contribution in [0.4, 0.5) is 5.69 Å². The summed E-state index contributed by atoms with van der Waals surface area (Å²) in [5.74, 6) is 0.0717. The number of amides is 1. The summed E-state index contributed by atoms with van der Waals surface area (Å²) < 4.78 is 33.2. The van der Waals surface area contributed by atoms with Crippen molar-refractivity contribution in [3.63, 3.8) is 0 Å². The predicted octanol–water partition coefficient (Wildman–Crippen LogP) is 4.77. The molecular weight excluding hydrogens is 460 g/mol. The molecule has 0 saturated carbocycles. The van der Waals surface area contributed by atoms with Gasteiger partial charge in [-0.25, -0.2) is 8.42 Å². The number of aryl methyl sites for hydroxylation is 1. The second kappa shape index (κ2) is 10.7. The molecule has 3 aromatic carbocycles. The Kier molecular flexibility index (Phi) is 8.00. The zero-order chi connectivity index (χ0) is 24.0. The molecule has 0 aliphatic rings. The zero-order valence-electron chi connectivity index (χ0n) is 18.8. The first-order chi connectivity index (χ1) is 15.7. The van der Waals surface area contributed by atoms with Gasteiger partial charge in [0.2, 0.25) is 5.91 Å². The monoisotopic (exact) mass is 486 g/mol. The first-order valence-corrected chi connectivity index (χ1v) is 12.3. The van der Waals surface area contributed by atoms with E-state index in [1.54, 1.807) is 24.3 Å². The Labute approximate surface area is 200 Å². The van der Waals surface area contributed by atoms with E-state index in [9.17, 15) is 13.2 Å². The van der Waals surface area contributed by atoms with Gasteiger partial charge < -0.3 is 10.1 Å². The summed E-state index contributed by atoms with van der Waals surface area (Å²) in [7, 11) is -2.54. The van der Waals surface area contributed by atoms with Crippen LogP contribution in [0.25, 0.3) is 0 Å². The van der Waals surface area contributed by atoms with E-state index in [1.165, 1.54) is 25.3 Å². The van der Waals surface area contributed by atoms with Crippen molar-refractivity contribution in [3.8, 4) is 5.75 Å². The van der Waals surface area contributed by atoms with Crippen LogP contribution >= 0.6 is 11.6 Å². The molecule has 6 nitrogen and oxygen atoms in total. The molecule has 33 heavy (non-hydrogen) atoms. The summed E-state index contributed by atoms with van der Waals surface area (Å²) in [6.07, 6.45) is 0. The molecule has 174 valence electrons. The van der Waals surface area contributed by atoms with Crippen molar-refractivity contribution in [2.45, 2.75) is 24.7 Å². The number of halogens is 1. The largest absolute Gasteiger partial charge is 0.495 e. The smallest absolute Gasteiger partial charge is 0.264 e. The number of sulfonamides is 1. The van der Waals surface area contributed by atoms with Gasteiger partial charge in [-0.3, -0.25) is 9.10 Å². The second-order valence-corrected chi connectivity index (χ2v) is 10.0. The summed E-state index contributed by atoms with van der Waals surface area (Å²) in [4.78, 5) is 12.9. The maximum Gasteiger partial charge on any atom is 0.264 e. The van der Waals surface area contributed by atoms with Crippen molar-refractivity contribution in [3.05, 3.63) is 88.9 Å². The van der Waals surface area contributed by atoms with Gasteiger partial charge in [-0.05, 0) is 48.7 Å². The lowest BCUT2D eigenvalue weighted by atomic mass is 10.0. The molecule has 0 aromatic heterocycles. The Bertz CT molecular complexity index is 1200. The van der Waals surface area contributed by atoms with Crippen LogP contribution in [-0.2, 0) is 14.8 Å². The minimum absolute atomic E-state index is 0.0766. The summed E-state index contributed by atoms with van der Waals surface area (Å²) in [6.45, 7) is 3.86. The average molecular weight is 487 g/mol. The normalized spacial score (nSPS) is 12.1. The fourth-order valence-corrected chi connectivity index (χ4v) is 4.98. The third kappa shape index (κ3) is 6.06. The quantitative estimate of drug-likeness (QED) is 0.472. The van der Waals surface area contributed by atoms with Crippen LogP contribution in [0.5, 0.6) is 5.75 Å². The van der Waals surface area contributed by atoms with Crippen molar-refractivity contribution >= 4 is 33.2 Å². The van der Waals surface area contributed by atoms with Gasteiger partial charge in [-0.1, -0.05) is 66.6 Å². The van der Waals surface area contributed by atoms with E-state index in [4.69, 9.17) is 16.3 Å². The van der Waals surface area contributed by atoms with Crippen LogP contribution in [0.15, 0.2) is 77.7 Å². The molecule has 0 aliphatic carbocycles. The Hall–Kier alpha value is -3.03. The number of carbonyl (C=O) groups is 1. The lowest BCUT2D eigenvalue weighted by Crippen LogP contribution is -2.41. The SMILES string of the molecule is COc1ccc(N(CC(=O)NCC(C)c2ccccc2)S(=O)(=O)c2ccc(C)cc2)cc1Cl. The van der Waals surface area contributed by atoms with E-state index >= 15 is 0 Å². The van der Waals surface area contributed by atoms with Gasteiger partial charge >= 0.3 is 0 Å². The van der Waals surface area contributed by atoms with Crippen molar-refractivity contribution < 1.29 is 17.9 Å². The van der Waals surface area contributed by atoms with E-state index < -0.39 is 15.9 Å². The predicted molar refractivity (Wildman–Crippen MR) is 132 cm³/mol. The van der Waals surface area contributed by atoms with Crippen molar-refractivity contribution in [2.75, 3.05) is 24.5 Å². The van der Waals surface area contributed by atoms with Crippen LogP contribution in [-0.4, -0.2) is 34.5 Å². The molecule has 0 bridgehead atoms. The number of methoxy groups -OCH3 is 1. The molecule has 0 fully saturated rings. The Morgan fingerprint density at radius 1 is 1.06 bits per heavy atom. The highest BCUT2D eigenvalue weighted by molar-refractivity contribution is 7.92. The number of anilines is 1. The zero-order valence-corrected chi connectivity index (χ0v) is 20.4. The molecular formula is C25H27ClN2O4S. The first kappa shape index (κ1) is 24.6. The van der Waals surface area contributed by atoms with Crippen LogP contribution < -0.4 is 14.4 Å².